The molecule has 0 saturated heterocycles. The summed E-state index contributed by atoms with van der Waals surface area (Å²) in [5.41, 5.74) is 1.66. The molecule has 0 bridgehead atoms. The van der Waals surface area contributed by atoms with E-state index in [2.05, 4.69) is 16.0 Å². The molecule has 3 N–H and O–H groups in total. The van der Waals surface area contributed by atoms with Crippen LogP contribution in [-0.2, 0) is 4.79 Å². The van der Waals surface area contributed by atoms with Crippen molar-refractivity contribution in [2.75, 3.05) is 17.2 Å². The molecular weight excluding hydrogens is 378 g/mol. The Bertz CT molecular complexity index is 1030. The zero-order valence-electron chi connectivity index (χ0n) is 16.4. The van der Waals surface area contributed by atoms with Gasteiger partial charge in [0, 0.05) is 6.04 Å². The summed E-state index contributed by atoms with van der Waals surface area (Å²) in [5.74, 6) is 0.923. The predicted molar refractivity (Wildman–Crippen MR) is 117 cm³/mol. The van der Waals surface area contributed by atoms with Crippen molar-refractivity contribution < 1.29 is 14.3 Å². The summed E-state index contributed by atoms with van der Waals surface area (Å²) < 4.78 is 5.91. The summed E-state index contributed by atoms with van der Waals surface area (Å²) in [5, 5.41) is 8.88. The molecule has 0 aromatic heterocycles. The third-order valence-corrected chi connectivity index (χ3v) is 4.66. The molecule has 1 fully saturated rings. The number of para-hydroxylation sites is 4. The molecule has 2 amide bonds. The Morgan fingerprint density at radius 3 is 2.27 bits per heavy atom. The fraction of sp³-hybridized carbons (Fsp3) is 0.167. The Morgan fingerprint density at radius 2 is 1.50 bits per heavy atom. The smallest absolute Gasteiger partial charge is 0.253 e. The van der Waals surface area contributed by atoms with E-state index in [1.165, 1.54) is 0 Å². The molecule has 30 heavy (non-hydrogen) atoms. The maximum atomic E-state index is 12.5. The van der Waals surface area contributed by atoms with Gasteiger partial charge < -0.3 is 20.7 Å². The number of amides is 2. The quantitative estimate of drug-likeness (QED) is 0.522. The van der Waals surface area contributed by atoms with Gasteiger partial charge in [0.25, 0.3) is 5.91 Å². The van der Waals surface area contributed by atoms with E-state index >= 15 is 0 Å². The van der Waals surface area contributed by atoms with Gasteiger partial charge in [0.1, 0.15) is 5.75 Å². The summed E-state index contributed by atoms with van der Waals surface area (Å²) in [6.07, 6.45) is 2.02. The van der Waals surface area contributed by atoms with Crippen LogP contribution in [-0.4, -0.2) is 24.4 Å². The Balaban J connectivity index is 1.38. The first kappa shape index (κ1) is 19.5. The molecular formula is C24H23N3O3. The number of nitrogens with one attached hydrogen (secondary N) is 3. The monoisotopic (exact) mass is 401 g/mol. The first-order chi connectivity index (χ1) is 14.7. The fourth-order valence-electron chi connectivity index (χ4n) is 2.97. The highest BCUT2D eigenvalue weighted by Crippen LogP contribution is 2.29. The molecule has 1 aliphatic carbocycles. The zero-order chi connectivity index (χ0) is 20.8. The number of anilines is 2. The van der Waals surface area contributed by atoms with Gasteiger partial charge in [-0.3, -0.25) is 9.59 Å². The van der Waals surface area contributed by atoms with Crippen LogP contribution in [0.2, 0.25) is 0 Å². The van der Waals surface area contributed by atoms with E-state index in [-0.39, 0.29) is 24.4 Å². The SMILES string of the molecule is O=C(CNc1ccccc1Oc1ccccc1)Nc1ccccc1C(=O)NC1CC1. The molecule has 1 aliphatic rings. The number of rotatable bonds is 8. The van der Waals surface area contributed by atoms with Gasteiger partial charge in [-0.25, -0.2) is 0 Å². The summed E-state index contributed by atoms with van der Waals surface area (Å²) in [7, 11) is 0. The van der Waals surface area contributed by atoms with E-state index in [1.807, 2.05) is 54.6 Å². The first-order valence-corrected chi connectivity index (χ1v) is 9.94. The summed E-state index contributed by atoms with van der Waals surface area (Å²) in [6.45, 7) is 0.0355. The summed E-state index contributed by atoms with van der Waals surface area (Å²) >= 11 is 0. The van der Waals surface area contributed by atoms with Crippen molar-refractivity contribution in [2.24, 2.45) is 0 Å². The van der Waals surface area contributed by atoms with Crippen LogP contribution in [0.3, 0.4) is 0 Å². The van der Waals surface area contributed by atoms with Gasteiger partial charge in [0.15, 0.2) is 5.75 Å². The van der Waals surface area contributed by atoms with Gasteiger partial charge >= 0.3 is 0 Å². The largest absolute Gasteiger partial charge is 0.455 e. The molecule has 0 heterocycles. The standard InChI is InChI=1S/C24H23N3O3/c28-23(27-20-11-5-4-10-19(20)24(29)26-17-14-15-17)16-25-21-12-6-7-13-22(21)30-18-8-2-1-3-9-18/h1-13,17,25H,14-16H2,(H,26,29)(H,27,28). The van der Waals surface area contributed by atoms with Crippen molar-refractivity contribution in [3.63, 3.8) is 0 Å². The third kappa shape index (κ3) is 5.17. The lowest BCUT2D eigenvalue weighted by molar-refractivity contribution is -0.114. The maximum Gasteiger partial charge on any atom is 0.253 e. The molecule has 3 aromatic rings. The van der Waals surface area contributed by atoms with Crippen LogP contribution in [0, 0.1) is 0 Å². The molecule has 0 unspecified atom stereocenters. The second-order valence-corrected chi connectivity index (χ2v) is 7.11. The van der Waals surface area contributed by atoms with Crippen molar-refractivity contribution in [3.05, 3.63) is 84.4 Å². The number of carbonyl (C=O) groups excluding carboxylic acids is 2. The van der Waals surface area contributed by atoms with Gasteiger partial charge in [-0.2, -0.15) is 0 Å². The lowest BCUT2D eigenvalue weighted by Gasteiger charge is -2.14. The molecule has 4 rings (SSSR count). The molecule has 1 saturated carbocycles. The average Bonchev–Trinajstić information content (AvgIpc) is 3.58. The highest BCUT2D eigenvalue weighted by molar-refractivity contribution is 6.04. The van der Waals surface area contributed by atoms with Gasteiger partial charge in [-0.1, -0.05) is 42.5 Å². The van der Waals surface area contributed by atoms with Crippen LogP contribution in [0.1, 0.15) is 23.2 Å². The van der Waals surface area contributed by atoms with Crippen molar-refractivity contribution in [1.29, 1.82) is 0 Å². The van der Waals surface area contributed by atoms with Crippen molar-refractivity contribution in [2.45, 2.75) is 18.9 Å². The maximum absolute atomic E-state index is 12.5. The molecule has 0 radical (unpaired) electrons. The van der Waals surface area contributed by atoms with E-state index in [0.717, 1.165) is 12.8 Å². The van der Waals surface area contributed by atoms with Gasteiger partial charge in [-0.15, -0.1) is 0 Å². The molecule has 6 heteroatoms. The Morgan fingerprint density at radius 1 is 0.833 bits per heavy atom. The number of benzene rings is 3. The van der Waals surface area contributed by atoms with Crippen molar-refractivity contribution >= 4 is 23.2 Å². The van der Waals surface area contributed by atoms with E-state index in [0.29, 0.717) is 28.4 Å². The summed E-state index contributed by atoms with van der Waals surface area (Å²) in [4.78, 5) is 24.9. The number of carbonyl (C=O) groups is 2. The second-order valence-electron chi connectivity index (χ2n) is 7.11. The second kappa shape index (κ2) is 9.13. The minimum Gasteiger partial charge on any atom is -0.455 e. The van der Waals surface area contributed by atoms with Gasteiger partial charge in [0.05, 0.1) is 23.5 Å². The van der Waals surface area contributed by atoms with Crippen LogP contribution >= 0.6 is 0 Å². The number of ether oxygens (including phenoxy) is 1. The van der Waals surface area contributed by atoms with Crippen LogP contribution < -0.4 is 20.7 Å². The van der Waals surface area contributed by atoms with Crippen molar-refractivity contribution in [3.8, 4) is 11.5 Å². The molecule has 0 atom stereocenters. The van der Waals surface area contributed by atoms with Crippen molar-refractivity contribution in [1.82, 2.24) is 5.32 Å². The molecule has 152 valence electrons. The Kier molecular flexibility index (Phi) is 5.94. The molecule has 0 aliphatic heterocycles. The van der Waals surface area contributed by atoms with Crippen LogP contribution in [0.5, 0.6) is 11.5 Å². The Labute approximate surface area is 175 Å². The van der Waals surface area contributed by atoms with E-state index < -0.39 is 0 Å². The lowest BCUT2D eigenvalue weighted by Crippen LogP contribution is -2.28. The van der Waals surface area contributed by atoms with Gasteiger partial charge in [0.2, 0.25) is 5.91 Å². The fourth-order valence-corrected chi connectivity index (χ4v) is 2.97. The highest BCUT2D eigenvalue weighted by Gasteiger charge is 2.25. The normalized spacial score (nSPS) is 12.7. The topological polar surface area (TPSA) is 79.5 Å². The molecule has 6 nitrogen and oxygen atoms in total. The van der Waals surface area contributed by atoms with Crippen LogP contribution in [0.25, 0.3) is 0 Å². The summed E-state index contributed by atoms with van der Waals surface area (Å²) in [6, 6.07) is 24.2. The Hall–Kier alpha value is -3.80. The van der Waals surface area contributed by atoms with Crippen LogP contribution in [0.4, 0.5) is 11.4 Å². The van der Waals surface area contributed by atoms with E-state index in [4.69, 9.17) is 4.74 Å². The van der Waals surface area contributed by atoms with Crippen LogP contribution in [0.15, 0.2) is 78.9 Å². The minimum atomic E-state index is -0.254. The lowest BCUT2D eigenvalue weighted by atomic mass is 10.1. The molecule has 3 aromatic carbocycles. The third-order valence-electron chi connectivity index (χ3n) is 4.66. The minimum absolute atomic E-state index is 0.0355. The number of hydrogen-bond acceptors (Lipinski definition) is 4. The highest BCUT2D eigenvalue weighted by atomic mass is 16.5. The van der Waals surface area contributed by atoms with Gasteiger partial charge in [-0.05, 0) is 49.2 Å². The number of hydrogen-bond donors (Lipinski definition) is 3. The van der Waals surface area contributed by atoms with E-state index in [9.17, 15) is 9.59 Å². The van der Waals surface area contributed by atoms with E-state index in [1.54, 1.807) is 24.3 Å². The predicted octanol–water partition coefficient (Wildman–Crippen LogP) is 4.42. The zero-order valence-corrected chi connectivity index (χ0v) is 16.4. The molecule has 0 spiro atoms. The average molecular weight is 401 g/mol. The first-order valence-electron chi connectivity index (χ1n) is 9.94.